The molecular formula is C19H20FNO3. The highest BCUT2D eigenvalue weighted by Crippen LogP contribution is 2.31. The molecule has 0 atom stereocenters. The smallest absolute Gasteiger partial charge is 0.222 e. The minimum Gasteiger partial charge on any atom is -0.486 e. The van der Waals surface area contributed by atoms with Crippen molar-refractivity contribution >= 4 is 5.91 Å². The highest BCUT2D eigenvalue weighted by molar-refractivity contribution is 5.76. The molecule has 5 heteroatoms. The maximum Gasteiger partial charge on any atom is 0.222 e. The number of nitrogens with zero attached hydrogens (tertiary/aromatic N) is 1. The van der Waals surface area contributed by atoms with E-state index < -0.39 is 0 Å². The number of halogens is 1. The molecule has 0 aliphatic carbocycles. The van der Waals surface area contributed by atoms with E-state index in [-0.39, 0.29) is 11.7 Å². The monoisotopic (exact) mass is 329 g/mol. The predicted octanol–water partition coefficient (Wildman–Crippen LogP) is 3.19. The van der Waals surface area contributed by atoms with E-state index in [1.165, 1.54) is 12.1 Å². The normalized spacial score (nSPS) is 12.8. The van der Waals surface area contributed by atoms with Gasteiger partial charge in [-0.3, -0.25) is 4.79 Å². The Kier molecular flexibility index (Phi) is 4.99. The average molecular weight is 329 g/mol. The first-order valence-corrected chi connectivity index (χ1v) is 7.99. The summed E-state index contributed by atoms with van der Waals surface area (Å²) < 4.78 is 24.2. The van der Waals surface area contributed by atoms with Crippen molar-refractivity contribution in [3.63, 3.8) is 0 Å². The van der Waals surface area contributed by atoms with Gasteiger partial charge in [0.15, 0.2) is 11.5 Å². The molecule has 0 saturated carbocycles. The van der Waals surface area contributed by atoms with Gasteiger partial charge in [0.25, 0.3) is 0 Å². The van der Waals surface area contributed by atoms with Gasteiger partial charge in [-0.15, -0.1) is 0 Å². The number of hydrogen-bond donors (Lipinski definition) is 0. The Labute approximate surface area is 140 Å². The first-order chi connectivity index (χ1) is 11.6. The zero-order valence-electron chi connectivity index (χ0n) is 13.6. The highest BCUT2D eigenvalue weighted by atomic mass is 19.1. The van der Waals surface area contributed by atoms with Gasteiger partial charge in [0.2, 0.25) is 5.91 Å². The Morgan fingerprint density at radius 3 is 2.67 bits per heavy atom. The van der Waals surface area contributed by atoms with Gasteiger partial charge in [-0.2, -0.15) is 0 Å². The molecule has 0 N–H and O–H groups in total. The van der Waals surface area contributed by atoms with Gasteiger partial charge >= 0.3 is 0 Å². The second kappa shape index (κ2) is 7.34. The van der Waals surface area contributed by atoms with Crippen LogP contribution in [0, 0.1) is 5.82 Å². The fraction of sp³-hybridized carbons (Fsp3) is 0.316. The summed E-state index contributed by atoms with van der Waals surface area (Å²) in [6.07, 6.45) is 0.882. The van der Waals surface area contributed by atoms with E-state index >= 15 is 0 Å². The van der Waals surface area contributed by atoms with Crippen molar-refractivity contribution in [1.29, 1.82) is 0 Å². The van der Waals surface area contributed by atoms with Crippen LogP contribution in [0.1, 0.15) is 17.5 Å². The summed E-state index contributed by atoms with van der Waals surface area (Å²) in [7, 11) is 1.77. The molecule has 126 valence electrons. The van der Waals surface area contributed by atoms with Gasteiger partial charge in [0.1, 0.15) is 19.0 Å². The van der Waals surface area contributed by atoms with Gasteiger partial charge in [-0.1, -0.05) is 18.2 Å². The molecule has 0 saturated heterocycles. The minimum atomic E-state index is -0.274. The van der Waals surface area contributed by atoms with Gasteiger partial charge in [0, 0.05) is 20.0 Å². The third-order valence-corrected chi connectivity index (χ3v) is 3.97. The third kappa shape index (κ3) is 4.04. The largest absolute Gasteiger partial charge is 0.486 e. The molecule has 1 heterocycles. The molecule has 0 bridgehead atoms. The number of carbonyl (C=O) groups excluding carboxylic acids is 1. The van der Waals surface area contributed by atoms with Crippen molar-refractivity contribution in [2.75, 3.05) is 20.3 Å². The lowest BCUT2D eigenvalue weighted by molar-refractivity contribution is -0.130. The average Bonchev–Trinajstić information content (AvgIpc) is 2.59. The fourth-order valence-electron chi connectivity index (χ4n) is 2.68. The second-order valence-corrected chi connectivity index (χ2v) is 5.86. The number of hydrogen-bond acceptors (Lipinski definition) is 3. The standard InChI is InChI=1S/C19H20FNO3/c1-21(19(22)8-6-14-3-2-4-16(20)11-14)13-15-5-7-17-18(12-15)24-10-9-23-17/h2-5,7,11-12H,6,8-10,13H2,1H3. The highest BCUT2D eigenvalue weighted by Gasteiger charge is 2.14. The minimum absolute atomic E-state index is 0.0224. The van der Waals surface area contributed by atoms with E-state index in [9.17, 15) is 9.18 Å². The first kappa shape index (κ1) is 16.3. The van der Waals surface area contributed by atoms with E-state index in [2.05, 4.69) is 0 Å². The van der Waals surface area contributed by atoms with Gasteiger partial charge in [0.05, 0.1) is 0 Å². The topological polar surface area (TPSA) is 38.8 Å². The van der Waals surface area contributed by atoms with Crippen LogP contribution in [0.5, 0.6) is 11.5 Å². The van der Waals surface area contributed by atoms with E-state index in [4.69, 9.17) is 9.47 Å². The molecule has 0 radical (unpaired) electrons. The Bertz CT molecular complexity index is 732. The van der Waals surface area contributed by atoms with Crippen LogP contribution in [0.3, 0.4) is 0 Å². The van der Waals surface area contributed by atoms with Crippen LogP contribution in [0.15, 0.2) is 42.5 Å². The summed E-state index contributed by atoms with van der Waals surface area (Å²) in [5.41, 5.74) is 1.82. The molecule has 0 fully saturated rings. The van der Waals surface area contributed by atoms with Crippen molar-refractivity contribution in [2.24, 2.45) is 0 Å². The lowest BCUT2D eigenvalue weighted by Crippen LogP contribution is -2.26. The lowest BCUT2D eigenvalue weighted by Gasteiger charge is -2.21. The Balaban J connectivity index is 1.56. The molecule has 1 aliphatic heterocycles. The van der Waals surface area contributed by atoms with Gasteiger partial charge in [-0.25, -0.2) is 4.39 Å². The zero-order valence-corrected chi connectivity index (χ0v) is 13.6. The van der Waals surface area contributed by atoms with Crippen molar-refractivity contribution < 1.29 is 18.7 Å². The van der Waals surface area contributed by atoms with Crippen LogP contribution in [0.4, 0.5) is 4.39 Å². The maximum absolute atomic E-state index is 13.2. The summed E-state index contributed by atoms with van der Waals surface area (Å²) in [6.45, 7) is 1.60. The Morgan fingerprint density at radius 1 is 1.08 bits per heavy atom. The van der Waals surface area contributed by atoms with Crippen molar-refractivity contribution in [2.45, 2.75) is 19.4 Å². The van der Waals surface area contributed by atoms with Crippen molar-refractivity contribution in [3.8, 4) is 11.5 Å². The molecule has 0 unspecified atom stereocenters. The van der Waals surface area contributed by atoms with E-state index in [0.29, 0.717) is 32.6 Å². The summed E-state index contributed by atoms with van der Waals surface area (Å²) >= 11 is 0. The quantitative estimate of drug-likeness (QED) is 0.846. The molecular weight excluding hydrogens is 309 g/mol. The molecule has 0 spiro atoms. The molecule has 2 aromatic carbocycles. The number of ether oxygens (including phenoxy) is 2. The first-order valence-electron chi connectivity index (χ1n) is 7.99. The molecule has 2 aromatic rings. The number of aryl methyl sites for hydroxylation is 1. The van der Waals surface area contributed by atoms with Crippen LogP contribution in [0.2, 0.25) is 0 Å². The summed E-state index contributed by atoms with van der Waals surface area (Å²) in [4.78, 5) is 13.9. The number of rotatable bonds is 5. The second-order valence-electron chi connectivity index (χ2n) is 5.86. The van der Waals surface area contributed by atoms with Crippen LogP contribution >= 0.6 is 0 Å². The molecule has 1 amide bonds. The SMILES string of the molecule is CN(Cc1ccc2c(c1)OCCO2)C(=O)CCc1cccc(F)c1. The summed E-state index contributed by atoms with van der Waals surface area (Å²) in [5.74, 6) is 1.21. The Hall–Kier alpha value is -2.56. The lowest BCUT2D eigenvalue weighted by atomic mass is 10.1. The van der Waals surface area contributed by atoms with Crippen molar-refractivity contribution in [3.05, 3.63) is 59.4 Å². The number of carbonyl (C=O) groups is 1. The van der Waals surface area contributed by atoms with E-state index in [1.54, 1.807) is 18.0 Å². The van der Waals surface area contributed by atoms with E-state index in [1.807, 2.05) is 24.3 Å². The van der Waals surface area contributed by atoms with Crippen LogP contribution in [-0.2, 0) is 17.8 Å². The number of fused-ring (bicyclic) bond motifs is 1. The van der Waals surface area contributed by atoms with E-state index in [0.717, 1.165) is 22.6 Å². The molecule has 3 rings (SSSR count). The van der Waals surface area contributed by atoms with Crippen LogP contribution < -0.4 is 9.47 Å². The summed E-state index contributed by atoms with van der Waals surface area (Å²) in [6, 6.07) is 12.1. The molecule has 4 nitrogen and oxygen atoms in total. The zero-order chi connectivity index (χ0) is 16.9. The maximum atomic E-state index is 13.2. The fourth-order valence-corrected chi connectivity index (χ4v) is 2.68. The molecule has 24 heavy (non-hydrogen) atoms. The van der Waals surface area contributed by atoms with Gasteiger partial charge < -0.3 is 14.4 Å². The molecule has 0 aromatic heterocycles. The van der Waals surface area contributed by atoms with Gasteiger partial charge in [-0.05, 0) is 41.8 Å². The predicted molar refractivity (Wildman–Crippen MR) is 88.6 cm³/mol. The Morgan fingerprint density at radius 2 is 1.88 bits per heavy atom. The molecule has 1 aliphatic rings. The van der Waals surface area contributed by atoms with Crippen molar-refractivity contribution in [1.82, 2.24) is 4.90 Å². The van der Waals surface area contributed by atoms with Crippen LogP contribution in [-0.4, -0.2) is 31.1 Å². The van der Waals surface area contributed by atoms with Crippen LogP contribution in [0.25, 0.3) is 0 Å². The third-order valence-electron chi connectivity index (χ3n) is 3.97. The number of benzene rings is 2. The summed E-state index contributed by atoms with van der Waals surface area (Å²) in [5, 5.41) is 0. The number of amides is 1.